The molecule has 0 bridgehead atoms. The van der Waals surface area contributed by atoms with E-state index >= 15 is 0 Å². The average Bonchev–Trinajstić information content (AvgIpc) is 3.02. The summed E-state index contributed by atoms with van der Waals surface area (Å²) in [5, 5.41) is 3.38. The van der Waals surface area contributed by atoms with Crippen LogP contribution in [0, 0.1) is 19.8 Å². The molecule has 0 heterocycles. The van der Waals surface area contributed by atoms with Crippen molar-refractivity contribution in [1.82, 2.24) is 10.2 Å². The molecular weight excluding hydrogens is 686 g/mol. The zero-order valence-electron chi connectivity index (χ0n) is 26.4. The molecule has 0 aliphatic heterocycles. The maximum Gasteiger partial charge on any atom is 0.264 e. The zero-order chi connectivity index (χ0) is 33.4. The number of hydrogen-bond acceptors (Lipinski definition) is 4. The summed E-state index contributed by atoms with van der Waals surface area (Å²) in [7, 11) is -4.23. The summed E-state index contributed by atoms with van der Waals surface area (Å²) in [5.74, 6) is -0.653. The van der Waals surface area contributed by atoms with E-state index in [1.807, 2.05) is 75.4 Å². The van der Waals surface area contributed by atoms with Gasteiger partial charge in [-0.1, -0.05) is 108 Å². The second-order valence-electron chi connectivity index (χ2n) is 11.7. The molecule has 0 aliphatic carbocycles. The Morgan fingerprint density at radius 1 is 0.870 bits per heavy atom. The van der Waals surface area contributed by atoms with Crippen LogP contribution in [-0.4, -0.2) is 44.3 Å². The number of rotatable bonds is 13. The van der Waals surface area contributed by atoms with Crippen LogP contribution < -0.4 is 9.62 Å². The number of nitrogens with zero attached hydrogens (tertiary/aromatic N) is 2. The second-order valence-corrected chi connectivity index (χ2v) is 14.9. The van der Waals surface area contributed by atoms with Gasteiger partial charge in [0, 0.05) is 29.0 Å². The first kappa shape index (κ1) is 35.2. The minimum absolute atomic E-state index is 0.0410. The van der Waals surface area contributed by atoms with Gasteiger partial charge < -0.3 is 10.2 Å². The van der Waals surface area contributed by atoms with Gasteiger partial charge in [-0.3, -0.25) is 13.9 Å². The van der Waals surface area contributed by atoms with Gasteiger partial charge in [0.15, 0.2) is 0 Å². The van der Waals surface area contributed by atoms with E-state index in [4.69, 9.17) is 11.6 Å². The molecule has 0 aliphatic rings. The summed E-state index contributed by atoms with van der Waals surface area (Å²) < 4.78 is 30.5. The Bertz CT molecular complexity index is 1770. The Kier molecular flexibility index (Phi) is 12.1. The van der Waals surface area contributed by atoms with E-state index in [1.54, 1.807) is 37.3 Å². The van der Waals surface area contributed by atoms with Crippen molar-refractivity contribution in [2.45, 2.75) is 51.6 Å². The first-order valence-electron chi connectivity index (χ1n) is 15.1. The van der Waals surface area contributed by atoms with Gasteiger partial charge >= 0.3 is 0 Å². The maximum atomic E-state index is 14.6. The van der Waals surface area contributed by atoms with Crippen molar-refractivity contribution in [1.29, 1.82) is 0 Å². The lowest BCUT2D eigenvalue weighted by molar-refractivity contribution is -0.140. The minimum atomic E-state index is -4.23. The number of anilines is 1. The van der Waals surface area contributed by atoms with E-state index in [-0.39, 0.29) is 35.4 Å². The molecule has 0 spiro atoms. The molecule has 1 atom stereocenters. The fourth-order valence-corrected chi connectivity index (χ4v) is 7.11. The number of hydrogen-bond donors (Lipinski definition) is 1. The first-order chi connectivity index (χ1) is 21.9. The lowest BCUT2D eigenvalue weighted by Gasteiger charge is -2.34. The number of benzene rings is 4. The van der Waals surface area contributed by atoms with Crippen molar-refractivity contribution in [3.05, 3.63) is 129 Å². The fraction of sp³-hybridized carbons (Fsp3) is 0.278. The summed E-state index contributed by atoms with van der Waals surface area (Å²) in [4.78, 5) is 30.0. The molecular formula is C36H39BrClN3O4S. The number of carbonyl (C=O) groups excluding carboxylic acids is 2. The van der Waals surface area contributed by atoms with Crippen LogP contribution in [0.2, 0.25) is 5.02 Å². The number of sulfonamides is 1. The minimum Gasteiger partial charge on any atom is -0.354 e. The molecule has 1 N–H and O–H groups in total. The quantitative estimate of drug-likeness (QED) is 0.157. The van der Waals surface area contributed by atoms with Crippen LogP contribution in [0.4, 0.5) is 5.69 Å². The molecule has 0 fully saturated rings. The van der Waals surface area contributed by atoms with Crippen molar-refractivity contribution in [2.24, 2.45) is 5.92 Å². The molecule has 0 radical (unpaired) electrons. The Morgan fingerprint density at radius 2 is 1.52 bits per heavy atom. The number of amides is 2. The fourth-order valence-electron chi connectivity index (χ4n) is 5.03. The number of aryl methyl sites for hydroxylation is 1. The van der Waals surface area contributed by atoms with Crippen molar-refractivity contribution in [2.75, 3.05) is 17.4 Å². The number of carbonyl (C=O) groups is 2. The van der Waals surface area contributed by atoms with Gasteiger partial charge in [0.2, 0.25) is 11.8 Å². The molecule has 46 heavy (non-hydrogen) atoms. The highest BCUT2D eigenvalue weighted by Gasteiger charge is 2.35. The predicted octanol–water partition coefficient (Wildman–Crippen LogP) is 7.33. The van der Waals surface area contributed by atoms with Crippen molar-refractivity contribution in [3.63, 3.8) is 0 Å². The summed E-state index contributed by atoms with van der Waals surface area (Å²) in [5.41, 5.74) is 3.35. The third-order valence-corrected chi connectivity index (χ3v) is 10.3. The molecule has 4 rings (SSSR count). The summed E-state index contributed by atoms with van der Waals surface area (Å²) in [6, 6.07) is 27.5. The monoisotopic (exact) mass is 723 g/mol. The Morgan fingerprint density at radius 3 is 2.17 bits per heavy atom. The summed E-state index contributed by atoms with van der Waals surface area (Å²) >= 11 is 9.97. The molecule has 0 saturated heterocycles. The largest absolute Gasteiger partial charge is 0.354 e. The van der Waals surface area contributed by atoms with Crippen LogP contribution in [0.3, 0.4) is 0 Å². The van der Waals surface area contributed by atoms with E-state index in [2.05, 4.69) is 21.2 Å². The van der Waals surface area contributed by atoms with Crippen molar-refractivity contribution in [3.8, 4) is 0 Å². The van der Waals surface area contributed by atoms with Crippen LogP contribution in [0.25, 0.3) is 0 Å². The van der Waals surface area contributed by atoms with Gasteiger partial charge in [-0.25, -0.2) is 8.42 Å². The normalized spacial score (nSPS) is 12.1. The molecule has 2 amide bonds. The average molecular weight is 725 g/mol. The molecule has 0 aromatic heterocycles. The number of halogens is 2. The van der Waals surface area contributed by atoms with E-state index in [0.29, 0.717) is 17.1 Å². The van der Waals surface area contributed by atoms with Gasteiger partial charge in [-0.05, 0) is 72.9 Å². The highest BCUT2D eigenvalue weighted by Crippen LogP contribution is 2.31. The Balaban J connectivity index is 1.83. The third kappa shape index (κ3) is 8.99. The molecule has 0 unspecified atom stereocenters. The van der Waals surface area contributed by atoms with Crippen molar-refractivity contribution >= 4 is 55.1 Å². The van der Waals surface area contributed by atoms with Crippen molar-refractivity contribution < 1.29 is 18.0 Å². The molecule has 242 valence electrons. The molecule has 0 saturated carbocycles. The lowest BCUT2D eigenvalue weighted by Crippen LogP contribution is -2.53. The maximum absolute atomic E-state index is 14.6. The standard InChI is InChI=1S/C36H39BrClN3O4S/c1-25(2)22-39-36(43)34(21-28-10-6-5-7-11-28)40(23-29-12-8-13-30(37)20-29)35(42)24-41(33-15-9-14-32(38)27(33)4)46(44,45)31-18-16-26(3)17-19-31/h5-20,25,34H,21-24H2,1-4H3,(H,39,43)/t34-/m0/s1. The Labute approximate surface area is 285 Å². The van der Waals surface area contributed by atoms with Crippen LogP contribution in [0.15, 0.2) is 106 Å². The SMILES string of the molecule is Cc1ccc(S(=O)(=O)N(CC(=O)N(Cc2cccc(Br)c2)[C@@H](Cc2ccccc2)C(=O)NCC(C)C)c2cccc(Cl)c2C)cc1. The summed E-state index contributed by atoms with van der Waals surface area (Å²) in [6.45, 7) is 7.55. The van der Waals surface area contributed by atoms with Crippen LogP contribution in [0.1, 0.15) is 36.1 Å². The van der Waals surface area contributed by atoms with Crippen LogP contribution in [0.5, 0.6) is 0 Å². The van der Waals surface area contributed by atoms with Crippen LogP contribution >= 0.6 is 27.5 Å². The molecule has 10 heteroatoms. The first-order valence-corrected chi connectivity index (χ1v) is 17.7. The molecule has 7 nitrogen and oxygen atoms in total. The van der Waals surface area contributed by atoms with E-state index in [9.17, 15) is 18.0 Å². The predicted molar refractivity (Wildman–Crippen MR) is 188 cm³/mol. The van der Waals surface area contributed by atoms with Gasteiger partial charge in [0.05, 0.1) is 10.6 Å². The summed E-state index contributed by atoms with van der Waals surface area (Å²) in [6.07, 6.45) is 0.241. The van der Waals surface area contributed by atoms with E-state index < -0.39 is 28.5 Å². The van der Waals surface area contributed by atoms with Gasteiger partial charge in [0.1, 0.15) is 12.6 Å². The lowest BCUT2D eigenvalue weighted by atomic mass is 10.0. The van der Waals surface area contributed by atoms with Gasteiger partial charge in [0.25, 0.3) is 10.0 Å². The smallest absolute Gasteiger partial charge is 0.264 e. The van der Waals surface area contributed by atoms with Crippen LogP contribution in [-0.2, 0) is 32.6 Å². The Hall–Kier alpha value is -3.66. The molecule has 4 aromatic rings. The van der Waals surface area contributed by atoms with Gasteiger partial charge in [-0.15, -0.1) is 0 Å². The highest BCUT2D eigenvalue weighted by atomic mass is 79.9. The third-order valence-electron chi connectivity index (χ3n) is 7.59. The molecule has 4 aromatic carbocycles. The zero-order valence-corrected chi connectivity index (χ0v) is 29.6. The second kappa shape index (κ2) is 15.8. The highest BCUT2D eigenvalue weighted by molar-refractivity contribution is 9.10. The van der Waals surface area contributed by atoms with Gasteiger partial charge in [-0.2, -0.15) is 0 Å². The van der Waals surface area contributed by atoms with E-state index in [1.165, 1.54) is 17.0 Å². The van der Waals surface area contributed by atoms with E-state index in [0.717, 1.165) is 25.5 Å². The number of nitrogens with one attached hydrogen (secondary N) is 1. The topological polar surface area (TPSA) is 86.8 Å².